The predicted molar refractivity (Wildman–Crippen MR) is 44.6 cm³/mol. The molecule has 0 amide bonds. The van der Waals surface area contributed by atoms with Gasteiger partial charge in [0.15, 0.2) is 0 Å². The average molecular weight is 181 g/mol. The van der Waals surface area contributed by atoms with Gasteiger partial charge in [-0.2, -0.15) is 0 Å². The fraction of sp³-hybridized carbons (Fsp3) is 1.00. The topological polar surface area (TPSA) is 72.5 Å². The molecule has 0 aromatic carbocycles. The molecule has 0 aliphatic heterocycles. The highest BCUT2D eigenvalue weighted by Crippen LogP contribution is 2.42. The van der Waals surface area contributed by atoms with Crippen molar-refractivity contribution in [1.29, 1.82) is 0 Å². The molecule has 5 heteroatoms. The van der Waals surface area contributed by atoms with Gasteiger partial charge < -0.3 is 15.2 Å². The average Bonchev–Trinajstić information content (AvgIpc) is 1.55. The fourth-order valence-corrected chi connectivity index (χ4v) is 1.86. The van der Waals surface area contributed by atoms with E-state index in [1.54, 1.807) is 13.8 Å². The number of hydrogen-bond donors (Lipinski definition) is 2. The second-order valence-corrected chi connectivity index (χ2v) is 4.98. The zero-order valence-corrected chi connectivity index (χ0v) is 8.10. The molecule has 3 N–H and O–H groups in total. The molecule has 0 heterocycles. The maximum Gasteiger partial charge on any atom is 0.325 e. The van der Waals surface area contributed by atoms with E-state index in [4.69, 9.17) is 15.2 Å². The lowest BCUT2D eigenvalue weighted by Crippen LogP contribution is -2.26. The highest BCUT2D eigenvalue weighted by atomic mass is 31.2. The molecule has 0 saturated carbocycles. The summed E-state index contributed by atoms with van der Waals surface area (Å²) in [7, 11) is -3.37. The van der Waals surface area contributed by atoms with Crippen LogP contribution in [0.5, 0.6) is 0 Å². The highest BCUT2D eigenvalue weighted by molar-refractivity contribution is 7.51. The largest absolute Gasteiger partial charge is 0.330 e. The minimum atomic E-state index is -3.37. The SMILES string of the molecule is CC(C)(CCN)OP(C)(=O)O. The molecular weight excluding hydrogens is 165 g/mol. The van der Waals surface area contributed by atoms with Crippen LogP contribution in [-0.4, -0.2) is 23.7 Å². The Morgan fingerprint density at radius 3 is 2.36 bits per heavy atom. The molecular formula is C6H16NO3P. The summed E-state index contributed by atoms with van der Waals surface area (Å²) in [5, 5.41) is 0. The highest BCUT2D eigenvalue weighted by Gasteiger charge is 2.25. The van der Waals surface area contributed by atoms with E-state index in [2.05, 4.69) is 0 Å². The van der Waals surface area contributed by atoms with Gasteiger partial charge in [-0.25, -0.2) is 0 Å². The lowest BCUT2D eigenvalue weighted by molar-refractivity contribution is 0.0882. The molecule has 0 aliphatic carbocycles. The summed E-state index contributed by atoms with van der Waals surface area (Å²) in [6.07, 6.45) is 0.575. The molecule has 0 bridgehead atoms. The zero-order valence-electron chi connectivity index (χ0n) is 7.20. The molecule has 0 aliphatic rings. The minimum Gasteiger partial charge on any atom is -0.330 e. The van der Waals surface area contributed by atoms with Crippen LogP contribution in [0.15, 0.2) is 0 Å². The van der Waals surface area contributed by atoms with Crippen molar-refractivity contribution < 1.29 is 14.0 Å². The van der Waals surface area contributed by atoms with E-state index < -0.39 is 13.2 Å². The molecule has 11 heavy (non-hydrogen) atoms. The van der Waals surface area contributed by atoms with Gasteiger partial charge in [0.2, 0.25) is 0 Å². The first-order valence-corrected chi connectivity index (χ1v) is 5.50. The Hall–Kier alpha value is 0.110. The van der Waals surface area contributed by atoms with E-state index in [1.807, 2.05) is 0 Å². The third kappa shape index (κ3) is 6.51. The Balaban J connectivity index is 4.02. The van der Waals surface area contributed by atoms with Crippen molar-refractivity contribution in [1.82, 2.24) is 0 Å². The third-order valence-corrected chi connectivity index (χ3v) is 2.00. The van der Waals surface area contributed by atoms with Crippen molar-refractivity contribution in [2.45, 2.75) is 25.9 Å². The quantitative estimate of drug-likeness (QED) is 0.633. The number of rotatable bonds is 4. The van der Waals surface area contributed by atoms with Gasteiger partial charge >= 0.3 is 7.60 Å². The van der Waals surface area contributed by atoms with Crippen LogP contribution in [-0.2, 0) is 9.09 Å². The van der Waals surface area contributed by atoms with Crippen LogP contribution in [0.3, 0.4) is 0 Å². The van der Waals surface area contributed by atoms with Gasteiger partial charge in [-0.15, -0.1) is 0 Å². The summed E-state index contributed by atoms with van der Waals surface area (Å²) in [6, 6.07) is 0. The zero-order chi connectivity index (χ0) is 9.12. The van der Waals surface area contributed by atoms with E-state index in [1.165, 1.54) is 6.66 Å². The summed E-state index contributed by atoms with van der Waals surface area (Å²) in [5.41, 5.74) is 4.68. The van der Waals surface area contributed by atoms with Crippen molar-refractivity contribution in [3.8, 4) is 0 Å². The van der Waals surface area contributed by atoms with E-state index in [9.17, 15) is 4.57 Å². The summed E-state index contributed by atoms with van der Waals surface area (Å²) in [6.45, 7) is 5.11. The van der Waals surface area contributed by atoms with Gasteiger partial charge in [-0.3, -0.25) is 4.57 Å². The maximum atomic E-state index is 10.8. The molecule has 4 nitrogen and oxygen atoms in total. The summed E-state index contributed by atoms with van der Waals surface area (Å²) in [5.74, 6) is 0. The minimum absolute atomic E-state index is 0.451. The van der Waals surface area contributed by atoms with Crippen molar-refractivity contribution >= 4 is 7.60 Å². The molecule has 68 valence electrons. The molecule has 0 aromatic rings. The molecule has 0 rings (SSSR count). The molecule has 0 spiro atoms. The Morgan fingerprint density at radius 2 is 2.09 bits per heavy atom. The van der Waals surface area contributed by atoms with Crippen LogP contribution in [0.25, 0.3) is 0 Å². The van der Waals surface area contributed by atoms with Gasteiger partial charge in [0, 0.05) is 6.66 Å². The van der Waals surface area contributed by atoms with Crippen LogP contribution in [0.4, 0.5) is 0 Å². The fourth-order valence-electron chi connectivity index (χ4n) is 0.852. The van der Waals surface area contributed by atoms with E-state index >= 15 is 0 Å². The Kier molecular flexibility index (Phi) is 3.71. The van der Waals surface area contributed by atoms with Crippen LogP contribution in [0.2, 0.25) is 0 Å². The van der Waals surface area contributed by atoms with Crippen molar-refractivity contribution in [3.63, 3.8) is 0 Å². The standard InChI is InChI=1S/C6H16NO3P/c1-6(2,4-5-7)10-11(3,8)9/h4-5,7H2,1-3H3,(H,8,9). The molecule has 1 atom stereocenters. The first-order valence-electron chi connectivity index (χ1n) is 3.48. The van der Waals surface area contributed by atoms with Crippen LogP contribution in [0, 0.1) is 0 Å². The van der Waals surface area contributed by atoms with Gasteiger partial charge in [0.05, 0.1) is 5.60 Å². The predicted octanol–water partition coefficient (Wildman–Crippen LogP) is 0.946. The molecule has 0 radical (unpaired) electrons. The van der Waals surface area contributed by atoms with E-state index in [-0.39, 0.29) is 0 Å². The van der Waals surface area contributed by atoms with Gasteiger partial charge in [-0.1, -0.05) is 0 Å². The Bertz CT molecular complexity index is 163. The summed E-state index contributed by atoms with van der Waals surface area (Å²) < 4.78 is 15.7. The number of hydrogen-bond acceptors (Lipinski definition) is 3. The molecule has 0 saturated heterocycles. The first kappa shape index (κ1) is 11.1. The maximum absolute atomic E-state index is 10.8. The molecule has 0 aromatic heterocycles. The molecule has 0 fully saturated rings. The monoisotopic (exact) mass is 181 g/mol. The van der Waals surface area contributed by atoms with Crippen molar-refractivity contribution in [2.24, 2.45) is 5.73 Å². The van der Waals surface area contributed by atoms with E-state index in [0.29, 0.717) is 13.0 Å². The Labute approximate surface area is 67.3 Å². The normalized spacial score (nSPS) is 17.9. The van der Waals surface area contributed by atoms with Crippen molar-refractivity contribution in [3.05, 3.63) is 0 Å². The van der Waals surface area contributed by atoms with Crippen molar-refractivity contribution in [2.75, 3.05) is 13.2 Å². The third-order valence-electron chi connectivity index (χ3n) is 1.16. The van der Waals surface area contributed by atoms with Gasteiger partial charge in [-0.05, 0) is 26.8 Å². The molecule has 1 unspecified atom stereocenters. The lowest BCUT2D eigenvalue weighted by atomic mass is 10.1. The second-order valence-electron chi connectivity index (χ2n) is 3.19. The summed E-state index contributed by atoms with van der Waals surface area (Å²) in [4.78, 5) is 8.87. The second kappa shape index (κ2) is 3.68. The summed E-state index contributed by atoms with van der Waals surface area (Å²) >= 11 is 0. The first-order chi connectivity index (χ1) is 4.77. The number of nitrogens with two attached hydrogens (primary N) is 1. The Morgan fingerprint density at radius 1 is 1.64 bits per heavy atom. The van der Waals surface area contributed by atoms with Gasteiger partial charge in [0.1, 0.15) is 0 Å². The lowest BCUT2D eigenvalue weighted by Gasteiger charge is -2.25. The van der Waals surface area contributed by atoms with Gasteiger partial charge in [0.25, 0.3) is 0 Å². The van der Waals surface area contributed by atoms with E-state index in [0.717, 1.165) is 0 Å². The van der Waals surface area contributed by atoms with Crippen LogP contribution < -0.4 is 5.73 Å². The smallest absolute Gasteiger partial charge is 0.325 e. The van der Waals surface area contributed by atoms with Crippen LogP contribution >= 0.6 is 7.60 Å². The van der Waals surface area contributed by atoms with Crippen LogP contribution in [0.1, 0.15) is 20.3 Å².